The maximum atomic E-state index is 11.8. The third-order valence-electron chi connectivity index (χ3n) is 3.38. The van der Waals surface area contributed by atoms with Crippen molar-refractivity contribution in [3.63, 3.8) is 0 Å². The third-order valence-corrected chi connectivity index (χ3v) is 3.38. The minimum absolute atomic E-state index is 0.0967. The predicted molar refractivity (Wildman–Crippen MR) is 78.9 cm³/mol. The molecule has 0 bridgehead atoms. The lowest BCUT2D eigenvalue weighted by Gasteiger charge is -2.12. The molecule has 0 saturated heterocycles. The first kappa shape index (κ1) is 13.6. The topological polar surface area (TPSA) is 80.0 Å². The molecule has 1 fully saturated rings. The molecule has 21 heavy (non-hydrogen) atoms. The summed E-state index contributed by atoms with van der Waals surface area (Å²) in [7, 11) is 0. The normalized spacial score (nSPS) is 15.5. The Morgan fingerprint density at radius 1 is 1.38 bits per heavy atom. The number of carbonyl (C=O) groups excluding carboxylic acids is 1. The molecule has 2 aromatic rings. The van der Waals surface area contributed by atoms with E-state index in [1.807, 2.05) is 31.2 Å². The van der Waals surface area contributed by atoms with Crippen molar-refractivity contribution in [1.29, 1.82) is 0 Å². The summed E-state index contributed by atoms with van der Waals surface area (Å²) in [6, 6.07) is 7.52. The summed E-state index contributed by atoms with van der Waals surface area (Å²) in [6.45, 7) is 3.73. The number of amides is 1. The molecular formula is C15H18N4O2. The van der Waals surface area contributed by atoms with E-state index in [1.165, 1.54) is 0 Å². The largest absolute Gasteiger partial charge is 0.374 e. The lowest BCUT2D eigenvalue weighted by Crippen LogP contribution is -2.13. The van der Waals surface area contributed by atoms with Gasteiger partial charge < -0.3 is 15.2 Å². The van der Waals surface area contributed by atoms with Crippen molar-refractivity contribution in [2.45, 2.75) is 32.7 Å². The number of hydrogen-bond acceptors (Lipinski definition) is 5. The van der Waals surface area contributed by atoms with Gasteiger partial charge in [-0.2, -0.15) is 4.98 Å². The fraction of sp³-hybridized carbons (Fsp3) is 0.400. The smallest absolute Gasteiger partial charge is 0.248 e. The van der Waals surface area contributed by atoms with E-state index in [0.717, 1.165) is 24.2 Å². The first-order valence-corrected chi connectivity index (χ1v) is 7.09. The van der Waals surface area contributed by atoms with Crippen molar-refractivity contribution in [3.8, 4) is 0 Å². The minimum Gasteiger partial charge on any atom is -0.374 e. The van der Waals surface area contributed by atoms with E-state index in [-0.39, 0.29) is 17.9 Å². The molecule has 0 aliphatic heterocycles. The first-order valence-electron chi connectivity index (χ1n) is 7.09. The number of nitrogens with zero attached hydrogens (tertiary/aromatic N) is 2. The van der Waals surface area contributed by atoms with E-state index in [4.69, 9.17) is 4.52 Å². The molecule has 1 aliphatic rings. The number of hydrogen-bond donors (Lipinski definition) is 2. The zero-order valence-corrected chi connectivity index (χ0v) is 12.1. The molecule has 110 valence electrons. The summed E-state index contributed by atoms with van der Waals surface area (Å²) in [5, 5.41) is 9.99. The zero-order chi connectivity index (χ0) is 14.8. The minimum atomic E-state index is -0.0967. The maximum absolute atomic E-state index is 11.8. The summed E-state index contributed by atoms with van der Waals surface area (Å²) in [6.07, 6.45) is 1.99. The Morgan fingerprint density at radius 2 is 2.14 bits per heavy atom. The SMILES string of the molecule is Cc1noc(C(C)Nc2cccc(NC(=O)C3CC3)c2)n1. The molecule has 3 rings (SSSR count). The average Bonchev–Trinajstić information content (AvgIpc) is 3.21. The van der Waals surface area contributed by atoms with Crippen LogP contribution in [0.15, 0.2) is 28.8 Å². The molecule has 1 atom stereocenters. The highest BCUT2D eigenvalue weighted by molar-refractivity contribution is 5.94. The van der Waals surface area contributed by atoms with Crippen LogP contribution in [0.5, 0.6) is 0 Å². The van der Waals surface area contributed by atoms with Crippen molar-refractivity contribution in [3.05, 3.63) is 36.0 Å². The molecule has 1 amide bonds. The van der Waals surface area contributed by atoms with Crippen LogP contribution in [0.2, 0.25) is 0 Å². The van der Waals surface area contributed by atoms with Gasteiger partial charge in [0.05, 0.1) is 0 Å². The Kier molecular flexibility index (Phi) is 3.60. The van der Waals surface area contributed by atoms with Gasteiger partial charge in [0.2, 0.25) is 11.8 Å². The van der Waals surface area contributed by atoms with Gasteiger partial charge in [-0.3, -0.25) is 4.79 Å². The van der Waals surface area contributed by atoms with Crippen molar-refractivity contribution >= 4 is 17.3 Å². The summed E-state index contributed by atoms with van der Waals surface area (Å²) in [4.78, 5) is 16.0. The summed E-state index contributed by atoms with van der Waals surface area (Å²) < 4.78 is 5.14. The highest BCUT2D eigenvalue weighted by Gasteiger charge is 2.29. The fourth-order valence-electron chi connectivity index (χ4n) is 2.08. The van der Waals surface area contributed by atoms with Gasteiger partial charge >= 0.3 is 0 Å². The van der Waals surface area contributed by atoms with Crippen LogP contribution >= 0.6 is 0 Å². The third kappa shape index (κ3) is 3.39. The van der Waals surface area contributed by atoms with Crippen LogP contribution in [-0.4, -0.2) is 16.0 Å². The molecule has 1 aliphatic carbocycles. The Bertz CT molecular complexity index is 649. The number of nitrogens with one attached hydrogen (secondary N) is 2. The number of carbonyl (C=O) groups is 1. The van der Waals surface area contributed by atoms with Gasteiger partial charge in [-0.25, -0.2) is 0 Å². The second kappa shape index (κ2) is 5.55. The predicted octanol–water partition coefficient (Wildman–Crippen LogP) is 2.90. The quantitative estimate of drug-likeness (QED) is 0.883. The molecule has 2 N–H and O–H groups in total. The van der Waals surface area contributed by atoms with E-state index < -0.39 is 0 Å². The lowest BCUT2D eigenvalue weighted by atomic mass is 10.2. The maximum Gasteiger partial charge on any atom is 0.248 e. The second-order valence-corrected chi connectivity index (χ2v) is 5.39. The molecule has 1 unspecified atom stereocenters. The van der Waals surface area contributed by atoms with Crippen LogP contribution < -0.4 is 10.6 Å². The molecular weight excluding hydrogens is 268 g/mol. The Balaban J connectivity index is 1.66. The van der Waals surface area contributed by atoms with Crippen LogP contribution in [0.25, 0.3) is 0 Å². The molecule has 1 saturated carbocycles. The van der Waals surface area contributed by atoms with Crippen molar-refractivity contribution in [2.75, 3.05) is 10.6 Å². The number of rotatable bonds is 5. The van der Waals surface area contributed by atoms with Crippen molar-refractivity contribution in [1.82, 2.24) is 10.1 Å². The van der Waals surface area contributed by atoms with Crippen LogP contribution in [0.3, 0.4) is 0 Å². The summed E-state index contributed by atoms with van der Waals surface area (Å²) in [5.74, 6) is 1.46. The molecule has 6 heteroatoms. The lowest BCUT2D eigenvalue weighted by molar-refractivity contribution is -0.117. The van der Waals surface area contributed by atoms with Gasteiger partial charge in [0.15, 0.2) is 5.82 Å². The molecule has 6 nitrogen and oxygen atoms in total. The van der Waals surface area contributed by atoms with Gasteiger partial charge in [-0.1, -0.05) is 11.2 Å². The average molecular weight is 286 g/mol. The van der Waals surface area contributed by atoms with Gasteiger partial charge in [0.1, 0.15) is 6.04 Å². The van der Waals surface area contributed by atoms with E-state index in [1.54, 1.807) is 6.92 Å². The summed E-state index contributed by atoms with van der Waals surface area (Å²) >= 11 is 0. The highest BCUT2D eigenvalue weighted by atomic mass is 16.5. The Labute approximate surface area is 122 Å². The highest BCUT2D eigenvalue weighted by Crippen LogP contribution is 2.30. The molecule has 1 aromatic carbocycles. The van der Waals surface area contributed by atoms with Crippen molar-refractivity contribution < 1.29 is 9.32 Å². The zero-order valence-electron chi connectivity index (χ0n) is 12.1. The Morgan fingerprint density at radius 3 is 2.81 bits per heavy atom. The fourth-order valence-corrected chi connectivity index (χ4v) is 2.08. The monoisotopic (exact) mass is 286 g/mol. The van der Waals surface area contributed by atoms with Gasteiger partial charge in [0, 0.05) is 17.3 Å². The standard InChI is InChI=1S/C15H18N4O2/c1-9(15-17-10(2)19-21-15)16-12-4-3-5-13(8-12)18-14(20)11-6-7-11/h3-5,8-9,11,16H,6-7H2,1-2H3,(H,18,20). The number of anilines is 2. The van der Waals surface area contributed by atoms with E-state index in [0.29, 0.717) is 11.7 Å². The number of aromatic nitrogens is 2. The van der Waals surface area contributed by atoms with Gasteiger partial charge in [0.25, 0.3) is 0 Å². The number of benzene rings is 1. The Hall–Kier alpha value is -2.37. The van der Waals surface area contributed by atoms with E-state index in [2.05, 4.69) is 20.8 Å². The molecule has 1 heterocycles. The molecule has 0 spiro atoms. The van der Waals surface area contributed by atoms with E-state index in [9.17, 15) is 4.79 Å². The summed E-state index contributed by atoms with van der Waals surface area (Å²) in [5.41, 5.74) is 1.69. The van der Waals surface area contributed by atoms with Crippen LogP contribution in [0.4, 0.5) is 11.4 Å². The first-order chi connectivity index (χ1) is 10.1. The van der Waals surface area contributed by atoms with Crippen LogP contribution in [0, 0.1) is 12.8 Å². The van der Waals surface area contributed by atoms with Crippen molar-refractivity contribution in [2.24, 2.45) is 5.92 Å². The molecule has 0 radical (unpaired) electrons. The second-order valence-electron chi connectivity index (χ2n) is 5.39. The van der Waals surface area contributed by atoms with E-state index >= 15 is 0 Å². The molecule has 1 aromatic heterocycles. The number of aryl methyl sites for hydroxylation is 1. The van der Waals surface area contributed by atoms with Crippen LogP contribution in [-0.2, 0) is 4.79 Å². The van der Waals surface area contributed by atoms with Crippen LogP contribution in [0.1, 0.15) is 37.5 Å². The van der Waals surface area contributed by atoms with Gasteiger partial charge in [-0.15, -0.1) is 0 Å². The van der Waals surface area contributed by atoms with Gasteiger partial charge in [-0.05, 0) is 44.9 Å².